The smallest absolute Gasteiger partial charge is 0.256 e. The fourth-order valence-electron chi connectivity index (χ4n) is 1.88. The molecule has 0 fully saturated rings. The maximum absolute atomic E-state index is 5.71. The molecule has 3 rings (SSSR count). The third-order valence-corrected chi connectivity index (χ3v) is 3.68. The van der Waals surface area contributed by atoms with Crippen LogP contribution in [0, 0.1) is 0 Å². The number of nitrogen functional groups attached to an aromatic ring is 1. The topological polar surface area (TPSA) is 52.0 Å². The number of aromatic nitrogens is 1. The molecule has 0 saturated heterocycles. The molecule has 0 radical (unpaired) electrons. The number of thioether (sulfide) groups is 1. The van der Waals surface area contributed by atoms with Crippen LogP contribution in [0.4, 0.5) is 5.69 Å². The molecular formula is C15H14N2OS. The molecule has 0 aliphatic heterocycles. The van der Waals surface area contributed by atoms with Gasteiger partial charge >= 0.3 is 0 Å². The minimum absolute atomic E-state index is 0.699. The van der Waals surface area contributed by atoms with Gasteiger partial charge in [0.15, 0.2) is 5.58 Å². The average molecular weight is 270 g/mol. The molecule has 0 unspecified atom stereocenters. The third-order valence-electron chi connectivity index (χ3n) is 2.85. The highest BCUT2D eigenvalue weighted by molar-refractivity contribution is 7.99. The van der Waals surface area contributed by atoms with Gasteiger partial charge in [0.2, 0.25) is 0 Å². The van der Waals surface area contributed by atoms with Crippen LogP contribution >= 0.6 is 11.8 Å². The van der Waals surface area contributed by atoms with Gasteiger partial charge in [0.1, 0.15) is 5.52 Å². The lowest BCUT2D eigenvalue weighted by Gasteiger charge is -1.98. The molecule has 1 heterocycles. The highest BCUT2D eigenvalue weighted by Crippen LogP contribution is 2.25. The number of hydrogen-bond donors (Lipinski definition) is 1. The van der Waals surface area contributed by atoms with Crippen LogP contribution in [0.3, 0.4) is 0 Å². The molecule has 3 nitrogen and oxygen atoms in total. The average Bonchev–Trinajstić information content (AvgIpc) is 2.82. The van der Waals surface area contributed by atoms with Gasteiger partial charge in [-0.25, -0.2) is 4.98 Å². The van der Waals surface area contributed by atoms with Crippen LogP contribution < -0.4 is 5.73 Å². The number of aryl methyl sites for hydroxylation is 1. The molecule has 0 atom stereocenters. The van der Waals surface area contributed by atoms with Crippen molar-refractivity contribution in [1.29, 1.82) is 0 Å². The maximum Gasteiger partial charge on any atom is 0.256 e. The van der Waals surface area contributed by atoms with E-state index in [4.69, 9.17) is 10.2 Å². The summed E-state index contributed by atoms with van der Waals surface area (Å²) in [5, 5.41) is 0.705. The van der Waals surface area contributed by atoms with Gasteiger partial charge in [0.25, 0.3) is 5.22 Å². The van der Waals surface area contributed by atoms with E-state index >= 15 is 0 Å². The van der Waals surface area contributed by atoms with Crippen molar-refractivity contribution in [3.05, 3.63) is 54.1 Å². The van der Waals surface area contributed by atoms with Gasteiger partial charge in [-0.05, 0) is 24.1 Å². The van der Waals surface area contributed by atoms with Crippen molar-refractivity contribution < 1.29 is 4.42 Å². The van der Waals surface area contributed by atoms with Gasteiger partial charge in [-0.2, -0.15) is 0 Å². The summed E-state index contributed by atoms with van der Waals surface area (Å²) in [7, 11) is 0. The van der Waals surface area contributed by atoms with Crippen molar-refractivity contribution in [2.24, 2.45) is 0 Å². The first-order valence-corrected chi connectivity index (χ1v) is 7.12. The zero-order valence-corrected chi connectivity index (χ0v) is 11.2. The SMILES string of the molecule is Nc1ccc2nc(SCCc3ccccc3)oc2c1. The van der Waals surface area contributed by atoms with E-state index in [-0.39, 0.29) is 0 Å². The molecule has 0 bridgehead atoms. The Morgan fingerprint density at radius 3 is 2.79 bits per heavy atom. The maximum atomic E-state index is 5.71. The Bertz CT molecular complexity index is 679. The standard InChI is InChI=1S/C15H14N2OS/c16-12-6-7-13-14(10-12)18-15(17-13)19-9-8-11-4-2-1-3-5-11/h1-7,10H,8-9,16H2. The summed E-state index contributed by atoms with van der Waals surface area (Å²) >= 11 is 1.63. The van der Waals surface area contributed by atoms with Crippen molar-refractivity contribution in [3.63, 3.8) is 0 Å². The molecule has 0 aliphatic carbocycles. The van der Waals surface area contributed by atoms with Crippen molar-refractivity contribution in [2.75, 3.05) is 11.5 Å². The van der Waals surface area contributed by atoms with Crippen molar-refractivity contribution in [3.8, 4) is 0 Å². The summed E-state index contributed by atoms with van der Waals surface area (Å²) < 4.78 is 5.66. The Kier molecular flexibility index (Phi) is 3.42. The second-order valence-electron chi connectivity index (χ2n) is 4.29. The molecule has 1 aromatic heterocycles. The fourth-order valence-corrected chi connectivity index (χ4v) is 2.71. The molecule has 0 amide bonds. The van der Waals surface area contributed by atoms with Gasteiger partial charge in [-0.3, -0.25) is 0 Å². The number of rotatable bonds is 4. The quantitative estimate of drug-likeness (QED) is 0.579. The Hall–Kier alpha value is -1.94. The van der Waals surface area contributed by atoms with E-state index in [0.717, 1.165) is 23.3 Å². The fraction of sp³-hybridized carbons (Fsp3) is 0.133. The molecule has 2 N–H and O–H groups in total. The van der Waals surface area contributed by atoms with Crippen LogP contribution in [0.15, 0.2) is 58.2 Å². The van der Waals surface area contributed by atoms with Gasteiger partial charge in [0.05, 0.1) is 0 Å². The van der Waals surface area contributed by atoms with Crippen LogP contribution in [-0.2, 0) is 6.42 Å². The van der Waals surface area contributed by atoms with Gasteiger partial charge < -0.3 is 10.2 Å². The van der Waals surface area contributed by atoms with E-state index in [1.807, 2.05) is 24.3 Å². The summed E-state index contributed by atoms with van der Waals surface area (Å²) in [6, 6.07) is 15.9. The number of fused-ring (bicyclic) bond motifs is 1. The van der Waals surface area contributed by atoms with Crippen molar-refractivity contribution in [2.45, 2.75) is 11.6 Å². The minimum atomic E-state index is 0.699. The minimum Gasteiger partial charge on any atom is -0.431 e. The summed E-state index contributed by atoms with van der Waals surface area (Å²) in [5.41, 5.74) is 9.35. The van der Waals surface area contributed by atoms with Crippen LogP contribution in [0.5, 0.6) is 0 Å². The Morgan fingerprint density at radius 1 is 1.11 bits per heavy atom. The summed E-state index contributed by atoms with van der Waals surface area (Å²) in [4.78, 5) is 4.43. The summed E-state index contributed by atoms with van der Waals surface area (Å²) in [5.74, 6) is 0.951. The number of benzene rings is 2. The van der Waals surface area contributed by atoms with E-state index in [1.165, 1.54) is 5.56 Å². The van der Waals surface area contributed by atoms with Crippen molar-refractivity contribution >= 4 is 28.5 Å². The van der Waals surface area contributed by atoms with Crippen LogP contribution in [-0.4, -0.2) is 10.7 Å². The van der Waals surface area contributed by atoms with Gasteiger partial charge in [-0.1, -0.05) is 42.1 Å². The van der Waals surface area contributed by atoms with Crippen LogP contribution in [0.2, 0.25) is 0 Å². The molecule has 0 saturated carbocycles. The van der Waals surface area contributed by atoms with Crippen LogP contribution in [0.1, 0.15) is 5.56 Å². The molecule has 0 spiro atoms. The molecule has 19 heavy (non-hydrogen) atoms. The number of hydrogen-bond acceptors (Lipinski definition) is 4. The Labute approximate surface area is 115 Å². The third kappa shape index (κ3) is 2.90. The predicted octanol–water partition coefficient (Wildman–Crippen LogP) is 3.74. The van der Waals surface area contributed by atoms with Crippen LogP contribution in [0.25, 0.3) is 11.1 Å². The van der Waals surface area contributed by atoms with E-state index in [1.54, 1.807) is 11.8 Å². The highest BCUT2D eigenvalue weighted by Gasteiger charge is 2.06. The number of nitrogens with zero attached hydrogens (tertiary/aromatic N) is 1. The largest absolute Gasteiger partial charge is 0.431 e. The van der Waals surface area contributed by atoms with Gasteiger partial charge in [-0.15, -0.1) is 0 Å². The summed E-state index contributed by atoms with van der Waals surface area (Å²) in [6.45, 7) is 0. The lowest BCUT2D eigenvalue weighted by atomic mass is 10.2. The summed E-state index contributed by atoms with van der Waals surface area (Å²) in [6.07, 6.45) is 1.01. The predicted molar refractivity (Wildman–Crippen MR) is 79.3 cm³/mol. The molecular weight excluding hydrogens is 256 g/mol. The number of oxazole rings is 1. The zero-order chi connectivity index (χ0) is 13.1. The first kappa shape index (κ1) is 12.1. The number of nitrogens with two attached hydrogens (primary N) is 1. The molecule has 2 aromatic carbocycles. The molecule has 4 heteroatoms. The van der Waals surface area contributed by atoms with E-state index in [9.17, 15) is 0 Å². The Balaban J connectivity index is 1.65. The number of anilines is 1. The van der Waals surface area contributed by atoms with E-state index in [2.05, 4.69) is 29.2 Å². The molecule has 0 aliphatic rings. The lowest BCUT2D eigenvalue weighted by molar-refractivity contribution is 0.489. The second-order valence-corrected chi connectivity index (χ2v) is 5.34. The molecule has 96 valence electrons. The first-order chi connectivity index (χ1) is 9.31. The highest BCUT2D eigenvalue weighted by atomic mass is 32.2. The van der Waals surface area contributed by atoms with Crippen molar-refractivity contribution in [1.82, 2.24) is 4.98 Å². The van der Waals surface area contributed by atoms with E-state index < -0.39 is 0 Å². The normalized spacial score (nSPS) is 10.9. The monoisotopic (exact) mass is 270 g/mol. The van der Waals surface area contributed by atoms with E-state index in [0.29, 0.717) is 10.9 Å². The first-order valence-electron chi connectivity index (χ1n) is 6.14. The second kappa shape index (κ2) is 5.36. The molecule has 3 aromatic rings. The zero-order valence-electron chi connectivity index (χ0n) is 10.4. The van der Waals surface area contributed by atoms with Gasteiger partial charge in [0, 0.05) is 17.5 Å². The lowest BCUT2D eigenvalue weighted by Crippen LogP contribution is -1.87. The Morgan fingerprint density at radius 2 is 1.95 bits per heavy atom.